The van der Waals surface area contributed by atoms with E-state index >= 15 is 0 Å². The van der Waals surface area contributed by atoms with E-state index in [4.69, 9.17) is 9.52 Å². The molecular weight excluding hydrogens is 206 g/mol. The van der Waals surface area contributed by atoms with Crippen LogP contribution in [0, 0.1) is 5.92 Å². The summed E-state index contributed by atoms with van der Waals surface area (Å²) < 4.78 is 5.20. The summed E-state index contributed by atoms with van der Waals surface area (Å²) in [6.07, 6.45) is 1.28. The number of hydrogen-bond donors (Lipinski definition) is 1. The summed E-state index contributed by atoms with van der Waals surface area (Å²) in [6, 6.07) is 2.00. The van der Waals surface area contributed by atoms with Gasteiger partial charge in [0.25, 0.3) is 0 Å². The number of furan rings is 1. The van der Waals surface area contributed by atoms with Crippen LogP contribution in [0.2, 0.25) is 0 Å². The highest BCUT2D eigenvalue weighted by Gasteiger charge is 2.15. The predicted octanol–water partition coefficient (Wildman–Crippen LogP) is 2.45. The van der Waals surface area contributed by atoms with Gasteiger partial charge in [0.1, 0.15) is 12.0 Å². The Kier molecular flexibility index (Phi) is 4.12. The quantitative estimate of drug-likeness (QED) is 0.836. The summed E-state index contributed by atoms with van der Waals surface area (Å²) in [5.41, 5.74) is 0.209. The Morgan fingerprint density at radius 3 is 2.56 bits per heavy atom. The number of aromatic carboxylic acids is 1. The average molecular weight is 225 g/mol. The van der Waals surface area contributed by atoms with Crippen LogP contribution >= 0.6 is 0 Å². The number of carbonyl (C=O) groups is 1. The van der Waals surface area contributed by atoms with Crippen LogP contribution < -0.4 is 0 Å². The van der Waals surface area contributed by atoms with Crippen molar-refractivity contribution in [2.45, 2.75) is 33.4 Å². The minimum Gasteiger partial charge on any atom is -0.478 e. The van der Waals surface area contributed by atoms with E-state index in [1.54, 1.807) is 6.07 Å². The summed E-state index contributed by atoms with van der Waals surface area (Å²) in [5.74, 6) is 0.292. The first-order valence-corrected chi connectivity index (χ1v) is 5.42. The lowest BCUT2D eigenvalue weighted by atomic mass is 10.1. The third kappa shape index (κ3) is 3.10. The van der Waals surface area contributed by atoms with E-state index in [9.17, 15) is 4.79 Å². The minimum absolute atomic E-state index is 0.209. The van der Waals surface area contributed by atoms with Gasteiger partial charge < -0.3 is 9.52 Å². The number of nitrogens with zero attached hydrogens (tertiary/aromatic N) is 1. The van der Waals surface area contributed by atoms with Crippen molar-refractivity contribution in [3.8, 4) is 0 Å². The zero-order valence-corrected chi connectivity index (χ0v) is 10.2. The lowest BCUT2D eigenvalue weighted by Crippen LogP contribution is -2.32. The molecule has 0 saturated carbocycles. The van der Waals surface area contributed by atoms with Crippen molar-refractivity contribution >= 4 is 5.97 Å². The third-order valence-corrected chi connectivity index (χ3v) is 2.97. The highest BCUT2D eigenvalue weighted by atomic mass is 16.4. The van der Waals surface area contributed by atoms with Crippen molar-refractivity contribution < 1.29 is 14.3 Å². The molecule has 1 aromatic heterocycles. The van der Waals surface area contributed by atoms with Gasteiger partial charge in [0, 0.05) is 6.04 Å². The number of rotatable bonds is 5. The second kappa shape index (κ2) is 5.16. The normalized spacial score (nSPS) is 13.4. The summed E-state index contributed by atoms with van der Waals surface area (Å²) >= 11 is 0. The molecule has 1 N–H and O–H groups in total. The van der Waals surface area contributed by atoms with Crippen molar-refractivity contribution in [2.24, 2.45) is 5.92 Å². The SMILES string of the molecule is CC(C)C(C)N(C)Cc1cc(C(=O)O)co1. The van der Waals surface area contributed by atoms with Crippen LogP contribution in [0.4, 0.5) is 0 Å². The summed E-state index contributed by atoms with van der Waals surface area (Å²) in [7, 11) is 2.01. The van der Waals surface area contributed by atoms with E-state index in [0.717, 1.165) is 0 Å². The van der Waals surface area contributed by atoms with Crippen LogP contribution in [0.25, 0.3) is 0 Å². The van der Waals surface area contributed by atoms with Gasteiger partial charge in [0.05, 0.1) is 12.1 Å². The lowest BCUT2D eigenvalue weighted by molar-refractivity contribution is 0.0696. The molecule has 0 aliphatic carbocycles. The van der Waals surface area contributed by atoms with Crippen molar-refractivity contribution in [3.05, 3.63) is 23.7 Å². The molecule has 0 aromatic carbocycles. The molecule has 90 valence electrons. The molecule has 0 bridgehead atoms. The van der Waals surface area contributed by atoms with Crippen molar-refractivity contribution in [3.63, 3.8) is 0 Å². The maximum atomic E-state index is 10.7. The fourth-order valence-electron chi connectivity index (χ4n) is 1.47. The molecule has 0 aliphatic heterocycles. The fourth-order valence-corrected chi connectivity index (χ4v) is 1.47. The van der Waals surface area contributed by atoms with Gasteiger partial charge in [0.15, 0.2) is 0 Å². The maximum absolute atomic E-state index is 10.7. The van der Waals surface area contributed by atoms with Gasteiger partial charge in [0.2, 0.25) is 0 Å². The van der Waals surface area contributed by atoms with Gasteiger partial charge in [-0.3, -0.25) is 4.90 Å². The van der Waals surface area contributed by atoms with Crippen LogP contribution in [0.5, 0.6) is 0 Å². The van der Waals surface area contributed by atoms with Crippen LogP contribution in [0.15, 0.2) is 16.7 Å². The smallest absolute Gasteiger partial charge is 0.338 e. The molecule has 16 heavy (non-hydrogen) atoms. The highest BCUT2D eigenvalue weighted by Crippen LogP contribution is 2.14. The average Bonchev–Trinajstić information content (AvgIpc) is 2.64. The molecule has 1 atom stereocenters. The first-order valence-electron chi connectivity index (χ1n) is 5.42. The molecule has 1 aromatic rings. The predicted molar refractivity (Wildman–Crippen MR) is 61.4 cm³/mol. The van der Waals surface area contributed by atoms with Crippen molar-refractivity contribution in [2.75, 3.05) is 7.05 Å². The van der Waals surface area contributed by atoms with Crippen LogP contribution in [-0.4, -0.2) is 29.1 Å². The zero-order valence-electron chi connectivity index (χ0n) is 10.2. The molecule has 0 amide bonds. The fraction of sp³-hybridized carbons (Fsp3) is 0.583. The van der Waals surface area contributed by atoms with E-state index in [0.29, 0.717) is 24.3 Å². The Morgan fingerprint density at radius 1 is 1.50 bits per heavy atom. The molecule has 4 nitrogen and oxygen atoms in total. The van der Waals surface area contributed by atoms with E-state index in [2.05, 4.69) is 25.7 Å². The molecule has 1 unspecified atom stereocenters. The van der Waals surface area contributed by atoms with Crippen LogP contribution in [-0.2, 0) is 6.54 Å². The van der Waals surface area contributed by atoms with Gasteiger partial charge in [-0.05, 0) is 26.0 Å². The van der Waals surface area contributed by atoms with Crippen LogP contribution in [0.3, 0.4) is 0 Å². The summed E-state index contributed by atoms with van der Waals surface area (Å²) in [4.78, 5) is 12.8. The largest absolute Gasteiger partial charge is 0.478 e. The molecule has 0 spiro atoms. The third-order valence-electron chi connectivity index (χ3n) is 2.97. The van der Waals surface area contributed by atoms with Gasteiger partial charge >= 0.3 is 5.97 Å². The number of carboxylic acids is 1. The summed E-state index contributed by atoms with van der Waals surface area (Å²) in [5, 5.41) is 8.76. The molecule has 1 rings (SSSR count). The van der Waals surface area contributed by atoms with E-state index < -0.39 is 5.97 Å². The van der Waals surface area contributed by atoms with Crippen molar-refractivity contribution in [1.82, 2.24) is 4.90 Å². The van der Waals surface area contributed by atoms with Crippen LogP contribution in [0.1, 0.15) is 36.9 Å². The maximum Gasteiger partial charge on any atom is 0.338 e. The second-order valence-corrected chi connectivity index (χ2v) is 4.51. The Labute approximate surface area is 95.9 Å². The number of carboxylic acid groups (broad SMARTS) is 1. The molecule has 0 fully saturated rings. The molecule has 0 saturated heterocycles. The summed E-state index contributed by atoms with van der Waals surface area (Å²) in [6.45, 7) is 7.09. The Balaban J connectivity index is 2.62. The number of hydrogen-bond acceptors (Lipinski definition) is 3. The van der Waals surface area contributed by atoms with Gasteiger partial charge in [-0.15, -0.1) is 0 Å². The minimum atomic E-state index is -0.949. The van der Waals surface area contributed by atoms with Gasteiger partial charge in [-0.25, -0.2) is 4.79 Å². The molecule has 0 aliphatic rings. The first kappa shape index (κ1) is 12.8. The van der Waals surface area contributed by atoms with Crippen molar-refractivity contribution in [1.29, 1.82) is 0 Å². The van der Waals surface area contributed by atoms with Gasteiger partial charge in [-0.2, -0.15) is 0 Å². The molecule has 4 heteroatoms. The van der Waals surface area contributed by atoms with E-state index in [1.165, 1.54) is 6.26 Å². The molecule has 1 heterocycles. The first-order chi connectivity index (χ1) is 7.41. The Hall–Kier alpha value is -1.29. The topological polar surface area (TPSA) is 53.7 Å². The lowest BCUT2D eigenvalue weighted by Gasteiger charge is -2.26. The zero-order chi connectivity index (χ0) is 12.3. The second-order valence-electron chi connectivity index (χ2n) is 4.51. The monoisotopic (exact) mass is 225 g/mol. The van der Waals surface area contributed by atoms with Gasteiger partial charge in [-0.1, -0.05) is 13.8 Å². The standard InChI is InChI=1S/C12H19NO3/c1-8(2)9(3)13(4)6-11-5-10(7-16-11)12(14)15/h5,7-9H,6H2,1-4H3,(H,14,15). The molecular formula is C12H19NO3. The molecule has 0 radical (unpaired) electrons. The highest BCUT2D eigenvalue weighted by molar-refractivity contribution is 5.87. The Morgan fingerprint density at radius 2 is 2.12 bits per heavy atom. The Bertz CT molecular complexity index is 357. The van der Waals surface area contributed by atoms with E-state index in [-0.39, 0.29) is 5.56 Å². The van der Waals surface area contributed by atoms with E-state index in [1.807, 2.05) is 7.05 Å².